The molecule has 1 unspecified atom stereocenters. The van der Waals surface area contributed by atoms with Gasteiger partial charge in [0.15, 0.2) is 0 Å². The molecule has 4 heterocycles. The van der Waals surface area contributed by atoms with Gasteiger partial charge in [-0.2, -0.15) is 0 Å². The Balaban J connectivity index is 1.46. The first kappa shape index (κ1) is 23.5. The number of hydrogen-bond donors (Lipinski definition) is 3. The highest BCUT2D eigenvalue weighted by Gasteiger charge is 2.29. The number of pyridine rings is 2. The Morgan fingerprint density at radius 2 is 2.06 bits per heavy atom. The number of nitrogens with zero attached hydrogens (tertiary/aromatic N) is 3. The third-order valence-corrected chi connectivity index (χ3v) is 6.85. The Bertz CT molecular complexity index is 1280. The molecule has 0 bridgehead atoms. The minimum atomic E-state index is -0.249. The predicted octanol–water partition coefficient (Wildman–Crippen LogP) is 2.28. The zero-order valence-electron chi connectivity index (χ0n) is 19.9. The van der Waals surface area contributed by atoms with Crippen LogP contribution in [-0.2, 0) is 11.3 Å². The quantitative estimate of drug-likeness (QED) is 0.500. The predicted molar refractivity (Wildman–Crippen MR) is 135 cm³/mol. The molecule has 1 amide bonds. The molecule has 3 aromatic rings. The number of fused-ring (bicyclic) bond motifs is 1. The van der Waals surface area contributed by atoms with Crippen LogP contribution in [0.3, 0.4) is 0 Å². The fourth-order valence-corrected chi connectivity index (χ4v) is 5.00. The van der Waals surface area contributed by atoms with Crippen LogP contribution in [-0.4, -0.2) is 71.4 Å². The summed E-state index contributed by atoms with van der Waals surface area (Å²) >= 11 is 0. The van der Waals surface area contributed by atoms with Crippen LogP contribution in [0.2, 0.25) is 0 Å². The molecule has 2 aliphatic heterocycles. The summed E-state index contributed by atoms with van der Waals surface area (Å²) in [5.74, 6) is 0.354. The van der Waals surface area contributed by atoms with E-state index in [1.807, 2.05) is 30.2 Å². The van der Waals surface area contributed by atoms with E-state index in [2.05, 4.69) is 15.2 Å². The van der Waals surface area contributed by atoms with Gasteiger partial charge in [-0.1, -0.05) is 0 Å². The maximum absolute atomic E-state index is 13.6. The molecule has 5 rings (SSSR count). The summed E-state index contributed by atoms with van der Waals surface area (Å²) in [4.78, 5) is 37.2. The molecule has 2 aliphatic rings. The lowest BCUT2D eigenvalue weighted by atomic mass is 10.1. The summed E-state index contributed by atoms with van der Waals surface area (Å²) < 4.78 is 5.45. The van der Waals surface area contributed by atoms with E-state index in [0.717, 1.165) is 54.5 Å². The monoisotopic (exact) mass is 477 g/mol. The van der Waals surface area contributed by atoms with Crippen molar-refractivity contribution in [1.29, 1.82) is 0 Å². The summed E-state index contributed by atoms with van der Waals surface area (Å²) in [6, 6.07) is 8.88. The van der Waals surface area contributed by atoms with Gasteiger partial charge in [0.2, 0.25) is 5.56 Å². The second kappa shape index (κ2) is 10.2. The van der Waals surface area contributed by atoms with Crippen molar-refractivity contribution in [3.05, 3.63) is 63.6 Å². The number of aliphatic hydroxyl groups is 1. The zero-order chi connectivity index (χ0) is 24.4. The van der Waals surface area contributed by atoms with Crippen molar-refractivity contribution in [2.75, 3.05) is 49.7 Å². The van der Waals surface area contributed by atoms with Gasteiger partial charge in [-0.3, -0.25) is 14.5 Å². The Hall–Kier alpha value is -3.27. The van der Waals surface area contributed by atoms with Crippen molar-refractivity contribution in [1.82, 2.24) is 14.9 Å². The van der Waals surface area contributed by atoms with Crippen molar-refractivity contribution in [2.45, 2.75) is 32.4 Å². The molecule has 3 N–H and O–H groups in total. The Morgan fingerprint density at radius 1 is 1.23 bits per heavy atom. The smallest absolute Gasteiger partial charge is 0.259 e. The maximum atomic E-state index is 13.6. The van der Waals surface area contributed by atoms with E-state index in [9.17, 15) is 14.7 Å². The number of anilines is 2. The third-order valence-electron chi connectivity index (χ3n) is 6.85. The number of nitrogens with one attached hydrogen (secondary N) is 2. The molecule has 9 nitrogen and oxygen atoms in total. The number of morpholine rings is 1. The molecule has 2 aromatic heterocycles. The average molecular weight is 478 g/mol. The second-order valence-electron chi connectivity index (χ2n) is 9.31. The lowest BCUT2D eigenvalue weighted by molar-refractivity contribution is 0.0341. The van der Waals surface area contributed by atoms with Gasteiger partial charge in [0, 0.05) is 55.0 Å². The second-order valence-corrected chi connectivity index (χ2v) is 9.31. The number of carbonyl (C=O) groups is 1. The molecule has 0 saturated carbocycles. The highest BCUT2D eigenvalue weighted by atomic mass is 16.5. The first-order chi connectivity index (χ1) is 17.0. The fourth-order valence-electron chi connectivity index (χ4n) is 5.00. The molecular weight excluding hydrogens is 446 g/mol. The lowest BCUT2D eigenvalue weighted by Crippen LogP contribution is -2.36. The van der Waals surface area contributed by atoms with Gasteiger partial charge in [-0.15, -0.1) is 0 Å². The molecular formula is C26H31N5O4. The Labute approximate surface area is 203 Å². The standard InChI is InChI=1S/C26H31N5O4/c1-17-11-24(33)29-23-5-4-19(13-21(17)23)28-26(34)22-12-18(15-30-7-9-35-10-8-30)14-27-25(22)31-6-2-3-20(31)16-32/h4-5,11-14,20,32H,2-3,6-10,15-16H2,1H3,(H,28,34)(H,29,33). The average Bonchev–Trinajstić information content (AvgIpc) is 3.34. The molecule has 0 spiro atoms. The first-order valence-electron chi connectivity index (χ1n) is 12.1. The van der Waals surface area contributed by atoms with E-state index < -0.39 is 0 Å². The molecule has 0 aliphatic carbocycles. The van der Waals surface area contributed by atoms with Crippen molar-refractivity contribution in [2.24, 2.45) is 0 Å². The zero-order valence-corrected chi connectivity index (χ0v) is 19.9. The fraction of sp³-hybridized carbons (Fsp3) is 0.423. The van der Waals surface area contributed by atoms with Gasteiger partial charge in [-0.25, -0.2) is 4.98 Å². The summed E-state index contributed by atoms with van der Waals surface area (Å²) in [6.07, 6.45) is 3.66. The molecule has 1 aromatic carbocycles. The third kappa shape index (κ3) is 5.07. The van der Waals surface area contributed by atoms with Crippen LogP contribution in [0.4, 0.5) is 11.5 Å². The summed E-state index contributed by atoms with van der Waals surface area (Å²) in [5.41, 5.74) is 3.52. The molecule has 1 atom stereocenters. The number of hydrogen-bond acceptors (Lipinski definition) is 7. The minimum Gasteiger partial charge on any atom is -0.394 e. The number of ether oxygens (including phenoxy) is 1. The number of benzene rings is 1. The van der Waals surface area contributed by atoms with Crippen LogP contribution in [0.25, 0.3) is 10.9 Å². The number of H-pyrrole nitrogens is 1. The summed E-state index contributed by atoms with van der Waals surface area (Å²) in [5, 5.41) is 13.8. The highest BCUT2D eigenvalue weighted by molar-refractivity contribution is 6.08. The van der Waals surface area contributed by atoms with E-state index >= 15 is 0 Å². The number of aromatic amines is 1. The Morgan fingerprint density at radius 3 is 2.86 bits per heavy atom. The Kier molecular flexibility index (Phi) is 6.81. The minimum absolute atomic E-state index is 0.0282. The number of aromatic nitrogens is 2. The van der Waals surface area contributed by atoms with Gasteiger partial charge in [0.05, 0.1) is 31.4 Å². The lowest BCUT2D eigenvalue weighted by Gasteiger charge is -2.28. The van der Waals surface area contributed by atoms with Gasteiger partial charge in [-0.05, 0) is 55.2 Å². The van der Waals surface area contributed by atoms with Gasteiger partial charge in [0.1, 0.15) is 5.82 Å². The molecule has 9 heteroatoms. The number of aryl methyl sites for hydroxylation is 1. The SMILES string of the molecule is Cc1cc(=O)[nH]c2ccc(NC(=O)c3cc(CN4CCOCC4)cnc3N3CCCC3CO)cc12. The number of carbonyl (C=O) groups excluding carboxylic acids is 1. The van der Waals surface area contributed by atoms with Crippen molar-refractivity contribution < 1.29 is 14.6 Å². The topological polar surface area (TPSA) is 111 Å². The summed E-state index contributed by atoms with van der Waals surface area (Å²) in [6.45, 7) is 6.46. The van der Waals surface area contributed by atoms with Crippen LogP contribution in [0.1, 0.15) is 34.3 Å². The highest BCUT2D eigenvalue weighted by Crippen LogP contribution is 2.29. The normalized spacial score (nSPS) is 18.8. The number of amides is 1. The van der Waals surface area contributed by atoms with E-state index in [1.165, 1.54) is 0 Å². The number of aliphatic hydroxyl groups excluding tert-OH is 1. The summed E-state index contributed by atoms with van der Waals surface area (Å²) in [7, 11) is 0. The van der Waals surface area contributed by atoms with Crippen molar-refractivity contribution >= 4 is 28.3 Å². The van der Waals surface area contributed by atoms with Gasteiger partial charge in [0.25, 0.3) is 5.91 Å². The van der Waals surface area contributed by atoms with Crippen molar-refractivity contribution in [3.8, 4) is 0 Å². The van der Waals surface area contributed by atoms with Gasteiger partial charge >= 0.3 is 0 Å². The molecule has 184 valence electrons. The molecule has 0 radical (unpaired) electrons. The van der Waals surface area contributed by atoms with E-state index in [-0.39, 0.29) is 24.1 Å². The maximum Gasteiger partial charge on any atom is 0.259 e. The van der Waals surface area contributed by atoms with Crippen LogP contribution >= 0.6 is 0 Å². The van der Waals surface area contributed by atoms with Gasteiger partial charge < -0.3 is 25.0 Å². The van der Waals surface area contributed by atoms with E-state index in [4.69, 9.17) is 9.72 Å². The molecule has 35 heavy (non-hydrogen) atoms. The first-order valence-corrected chi connectivity index (χ1v) is 12.1. The largest absolute Gasteiger partial charge is 0.394 e. The molecule has 2 fully saturated rings. The van der Waals surface area contributed by atoms with Crippen LogP contribution in [0.5, 0.6) is 0 Å². The number of rotatable bonds is 6. The van der Waals surface area contributed by atoms with Crippen molar-refractivity contribution in [3.63, 3.8) is 0 Å². The van der Waals surface area contributed by atoms with E-state index in [0.29, 0.717) is 36.8 Å². The van der Waals surface area contributed by atoms with Crippen LogP contribution in [0, 0.1) is 6.92 Å². The van der Waals surface area contributed by atoms with Crippen LogP contribution < -0.4 is 15.8 Å². The molecule has 2 saturated heterocycles. The van der Waals surface area contributed by atoms with Crippen LogP contribution in [0.15, 0.2) is 41.3 Å². The van der Waals surface area contributed by atoms with E-state index in [1.54, 1.807) is 18.2 Å².